The number of carbonyl (C=O) groups excluding carboxylic acids is 2. The number of fused-ring (bicyclic) bond motifs is 3. The average molecular weight is 481 g/mol. The molecular weight excluding hydrogens is 448 g/mol. The second kappa shape index (κ2) is 11.4. The Hall–Kier alpha value is -3.39. The number of methoxy groups -OCH3 is 1. The summed E-state index contributed by atoms with van der Waals surface area (Å²) in [5.74, 6) is -1.83. The number of aliphatic carboxylic acids is 1. The summed E-state index contributed by atoms with van der Waals surface area (Å²) in [6, 6.07) is 15.4. The fraction of sp³-hybridized carbons (Fsp3) is 0.444. The van der Waals surface area contributed by atoms with E-state index in [9.17, 15) is 19.5 Å². The summed E-state index contributed by atoms with van der Waals surface area (Å²) in [6.45, 7) is 1.24. The minimum atomic E-state index is -0.900. The summed E-state index contributed by atoms with van der Waals surface area (Å²) >= 11 is 0. The smallest absolute Gasteiger partial charge is 0.407 e. The summed E-state index contributed by atoms with van der Waals surface area (Å²) in [5.41, 5.74) is 4.51. The fourth-order valence-corrected chi connectivity index (χ4v) is 5.07. The van der Waals surface area contributed by atoms with E-state index in [2.05, 4.69) is 17.4 Å². The lowest BCUT2D eigenvalue weighted by Crippen LogP contribution is -2.52. The Kier molecular flexibility index (Phi) is 8.02. The van der Waals surface area contributed by atoms with Crippen LogP contribution in [0.5, 0.6) is 0 Å². The van der Waals surface area contributed by atoms with Crippen LogP contribution >= 0.6 is 0 Å². The number of benzene rings is 2. The molecule has 2 amide bonds. The summed E-state index contributed by atoms with van der Waals surface area (Å²) in [6.07, 6.45) is 1.47. The monoisotopic (exact) mass is 480 g/mol. The highest BCUT2D eigenvalue weighted by Gasteiger charge is 2.33. The minimum absolute atomic E-state index is 0.0748. The summed E-state index contributed by atoms with van der Waals surface area (Å²) in [5, 5.41) is 12.1. The first-order valence-corrected chi connectivity index (χ1v) is 12.1. The molecule has 0 bridgehead atoms. The fourth-order valence-electron chi connectivity index (χ4n) is 5.07. The molecule has 35 heavy (non-hydrogen) atoms. The molecule has 1 saturated heterocycles. The molecule has 2 N–H and O–H groups in total. The summed E-state index contributed by atoms with van der Waals surface area (Å²) in [4.78, 5) is 39.0. The van der Waals surface area contributed by atoms with E-state index in [0.717, 1.165) is 22.3 Å². The van der Waals surface area contributed by atoms with Gasteiger partial charge in [-0.2, -0.15) is 0 Å². The first kappa shape index (κ1) is 24.7. The SMILES string of the molecule is COCCCC(NC(=O)OCC1c2ccccc2-c2ccccc21)C(=O)N1CCC[C@@H](C(=O)O)C1. The Morgan fingerprint density at radius 1 is 1.09 bits per heavy atom. The van der Waals surface area contributed by atoms with E-state index < -0.39 is 24.0 Å². The topological polar surface area (TPSA) is 105 Å². The van der Waals surface area contributed by atoms with E-state index in [4.69, 9.17) is 9.47 Å². The van der Waals surface area contributed by atoms with Gasteiger partial charge in [0, 0.05) is 32.7 Å². The molecule has 8 nitrogen and oxygen atoms in total. The number of piperidine rings is 1. The first-order valence-electron chi connectivity index (χ1n) is 12.1. The molecular formula is C27H32N2O6. The molecule has 0 saturated carbocycles. The number of hydrogen-bond acceptors (Lipinski definition) is 5. The second-order valence-corrected chi connectivity index (χ2v) is 9.12. The van der Waals surface area contributed by atoms with Crippen LogP contribution in [0.2, 0.25) is 0 Å². The van der Waals surface area contributed by atoms with E-state index in [0.29, 0.717) is 38.8 Å². The number of carboxylic acid groups (broad SMARTS) is 1. The van der Waals surface area contributed by atoms with Gasteiger partial charge >= 0.3 is 12.1 Å². The molecule has 1 heterocycles. The van der Waals surface area contributed by atoms with Crippen molar-refractivity contribution in [1.29, 1.82) is 0 Å². The van der Waals surface area contributed by atoms with Gasteiger partial charge in [-0.25, -0.2) is 4.79 Å². The molecule has 1 aliphatic heterocycles. The van der Waals surface area contributed by atoms with Gasteiger partial charge in [0.2, 0.25) is 5.91 Å². The zero-order valence-electron chi connectivity index (χ0n) is 19.9. The van der Waals surface area contributed by atoms with Gasteiger partial charge < -0.3 is 24.8 Å². The minimum Gasteiger partial charge on any atom is -0.481 e. The van der Waals surface area contributed by atoms with Crippen LogP contribution in [-0.4, -0.2) is 67.4 Å². The van der Waals surface area contributed by atoms with Gasteiger partial charge in [0.1, 0.15) is 12.6 Å². The van der Waals surface area contributed by atoms with Crippen molar-refractivity contribution in [2.45, 2.75) is 37.6 Å². The molecule has 186 valence electrons. The standard InChI is InChI=1S/C27H32N2O6/c1-34-15-7-13-24(25(30)29-14-6-8-18(16-29)26(31)32)28-27(33)35-17-23-21-11-4-2-9-19(21)20-10-3-5-12-22(20)23/h2-5,9-12,18,23-24H,6-8,13-17H2,1H3,(H,28,33)(H,31,32)/t18-,24?/m1/s1. The zero-order chi connectivity index (χ0) is 24.8. The number of alkyl carbamates (subject to hydrolysis) is 1. The molecule has 0 aromatic heterocycles. The molecule has 0 radical (unpaired) electrons. The van der Waals surface area contributed by atoms with Crippen LogP contribution in [-0.2, 0) is 19.1 Å². The van der Waals surface area contributed by atoms with Crippen LogP contribution < -0.4 is 5.32 Å². The van der Waals surface area contributed by atoms with Crippen molar-refractivity contribution < 1.29 is 29.0 Å². The Labute approximate surface area is 205 Å². The predicted octanol–water partition coefficient (Wildman–Crippen LogP) is 3.64. The van der Waals surface area contributed by atoms with Crippen LogP contribution in [0.25, 0.3) is 11.1 Å². The van der Waals surface area contributed by atoms with Crippen molar-refractivity contribution in [2.75, 3.05) is 33.4 Å². The number of hydrogen-bond donors (Lipinski definition) is 2. The molecule has 4 rings (SSSR count). The lowest BCUT2D eigenvalue weighted by atomic mass is 9.97. The molecule has 2 aromatic carbocycles. The Bertz CT molecular complexity index is 1030. The van der Waals surface area contributed by atoms with Crippen molar-refractivity contribution in [2.24, 2.45) is 5.92 Å². The van der Waals surface area contributed by atoms with E-state index >= 15 is 0 Å². The Morgan fingerprint density at radius 3 is 2.37 bits per heavy atom. The van der Waals surface area contributed by atoms with Crippen LogP contribution in [0, 0.1) is 5.92 Å². The maximum absolute atomic E-state index is 13.2. The number of nitrogens with zero attached hydrogens (tertiary/aromatic N) is 1. The third-order valence-electron chi connectivity index (χ3n) is 6.86. The predicted molar refractivity (Wildman–Crippen MR) is 130 cm³/mol. The van der Waals surface area contributed by atoms with Gasteiger partial charge in [0.15, 0.2) is 0 Å². The van der Waals surface area contributed by atoms with Crippen LogP contribution in [0.4, 0.5) is 4.79 Å². The Morgan fingerprint density at radius 2 is 1.74 bits per heavy atom. The number of amides is 2. The number of carboxylic acids is 1. The summed E-state index contributed by atoms with van der Waals surface area (Å²) in [7, 11) is 1.58. The number of likely N-dealkylation sites (tertiary alicyclic amines) is 1. The third kappa shape index (κ3) is 5.65. The molecule has 2 aliphatic rings. The van der Waals surface area contributed by atoms with Crippen molar-refractivity contribution in [3.63, 3.8) is 0 Å². The number of rotatable bonds is 9. The molecule has 1 fully saturated rings. The van der Waals surface area contributed by atoms with Crippen molar-refractivity contribution in [3.05, 3.63) is 59.7 Å². The largest absolute Gasteiger partial charge is 0.481 e. The van der Waals surface area contributed by atoms with E-state index in [1.807, 2.05) is 36.4 Å². The lowest BCUT2D eigenvalue weighted by Gasteiger charge is -2.33. The number of ether oxygens (including phenoxy) is 2. The van der Waals surface area contributed by atoms with Gasteiger partial charge in [0.25, 0.3) is 0 Å². The van der Waals surface area contributed by atoms with Crippen LogP contribution in [0.15, 0.2) is 48.5 Å². The molecule has 1 aliphatic carbocycles. The van der Waals surface area contributed by atoms with Gasteiger partial charge in [0.05, 0.1) is 5.92 Å². The average Bonchev–Trinajstić information content (AvgIpc) is 3.20. The Balaban J connectivity index is 1.41. The van der Waals surface area contributed by atoms with Crippen molar-refractivity contribution in [3.8, 4) is 11.1 Å². The van der Waals surface area contributed by atoms with E-state index in [1.54, 1.807) is 12.0 Å². The van der Waals surface area contributed by atoms with Crippen molar-refractivity contribution in [1.82, 2.24) is 10.2 Å². The van der Waals surface area contributed by atoms with Gasteiger partial charge in [-0.15, -0.1) is 0 Å². The normalized spacial score (nSPS) is 17.9. The first-order chi connectivity index (χ1) is 17.0. The zero-order valence-corrected chi connectivity index (χ0v) is 19.9. The maximum Gasteiger partial charge on any atom is 0.407 e. The van der Waals surface area contributed by atoms with Gasteiger partial charge in [-0.1, -0.05) is 48.5 Å². The maximum atomic E-state index is 13.2. The van der Waals surface area contributed by atoms with Crippen LogP contribution in [0.3, 0.4) is 0 Å². The highest BCUT2D eigenvalue weighted by atomic mass is 16.5. The molecule has 2 atom stereocenters. The molecule has 8 heteroatoms. The van der Waals surface area contributed by atoms with E-state index in [1.165, 1.54) is 0 Å². The molecule has 0 spiro atoms. The quantitative estimate of drug-likeness (QED) is 0.531. The van der Waals surface area contributed by atoms with Crippen LogP contribution in [0.1, 0.15) is 42.7 Å². The molecule has 1 unspecified atom stereocenters. The highest BCUT2D eigenvalue weighted by molar-refractivity contribution is 5.86. The third-order valence-corrected chi connectivity index (χ3v) is 6.86. The highest BCUT2D eigenvalue weighted by Crippen LogP contribution is 2.44. The second-order valence-electron chi connectivity index (χ2n) is 9.12. The lowest BCUT2D eigenvalue weighted by molar-refractivity contribution is -0.146. The van der Waals surface area contributed by atoms with Crippen molar-refractivity contribution >= 4 is 18.0 Å². The molecule has 2 aromatic rings. The van der Waals surface area contributed by atoms with Gasteiger partial charge in [-0.3, -0.25) is 9.59 Å². The number of carbonyl (C=O) groups is 3. The van der Waals surface area contributed by atoms with Gasteiger partial charge in [-0.05, 0) is 47.9 Å². The summed E-state index contributed by atoms with van der Waals surface area (Å²) < 4.78 is 10.7. The van der Waals surface area contributed by atoms with E-state index in [-0.39, 0.29) is 25.0 Å². The number of nitrogens with one attached hydrogen (secondary N) is 1.